The van der Waals surface area contributed by atoms with E-state index in [0.717, 1.165) is 22.7 Å². The lowest BCUT2D eigenvalue weighted by molar-refractivity contribution is -0.118. The van der Waals surface area contributed by atoms with E-state index in [1.54, 1.807) is 14.2 Å². The number of para-hydroxylation sites is 1. The average molecular weight is 398 g/mol. The number of aryl methyl sites for hydroxylation is 1. The second-order valence-electron chi connectivity index (χ2n) is 5.95. The monoisotopic (exact) mass is 398 g/mol. The third kappa shape index (κ3) is 4.64. The normalized spacial score (nSPS) is 10.5. The Bertz CT molecular complexity index is 958. The summed E-state index contributed by atoms with van der Waals surface area (Å²) in [5.41, 5.74) is 1.89. The van der Waals surface area contributed by atoms with Crippen LogP contribution in [0, 0.1) is 6.92 Å². The number of rotatable bonds is 8. The van der Waals surface area contributed by atoms with E-state index < -0.39 is 0 Å². The minimum Gasteiger partial charge on any atom is -0.497 e. The molecule has 28 heavy (non-hydrogen) atoms. The summed E-state index contributed by atoms with van der Waals surface area (Å²) in [6.45, 7) is 2.24. The summed E-state index contributed by atoms with van der Waals surface area (Å²) >= 11 is 1.31. The topological polar surface area (TPSA) is 78.3 Å². The number of methoxy groups -OCH3 is 1. The Kier molecular flexibility index (Phi) is 6.54. The summed E-state index contributed by atoms with van der Waals surface area (Å²) in [6, 6.07) is 15.4. The van der Waals surface area contributed by atoms with E-state index in [1.807, 2.05) is 60.0 Å². The fourth-order valence-corrected chi connectivity index (χ4v) is 3.40. The van der Waals surface area contributed by atoms with Gasteiger partial charge in [-0.2, -0.15) is 0 Å². The number of nitrogens with one attached hydrogen (secondary N) is 1. The second-order valence-corrected chi connectivity index (χ2v) is 6.89. The van der Waals surface area contributed by atoms with Gasteiger partial charge >= 0.3 is 0 Å². The maximum Gasteiger partial charge on any atom is 0.230 e. The molecule has 0 aliphatic carbocycles. The van der Waals surface area contributed by atoms with E-state index in [-0.39, 0.29) is 18.3 Å². The van der Waals surface area contributed by atoms with Gasteiger partial charge < -0.3 is 14.8 Å². The van der Waals surface area contributed by atoms with Gasteiger partial charge in [-0.25, -0.2) is 0 Å². The molecule has 1 N–H and O–H groups in total. The standard InChI is InChI=1S/C20H22N4O3S/c1-14-7-4-5-10-17(14)27-12-18-22-23-20(28-13-19(25)21-2)24(18)15-8-6-9-16(11-15)26-3/h4-11H,12-13H2,1-3H3,(H,21,25). The van der Waals surface area contributed by atoms with Crippen molar-refractivity contribution in [2.45, 2.75) is 18.7 Å². The van der Waals surface area contributed by atoms with Crippen LogP contribution < -0.4 is 14.8 Å². The van der Waals surface area contributed by atoms with E-state index in [2.05, 4.69) is 15.5 Å². The summed E-state index contributed by atoms with van der Waals surface area (Å²) in [6.07, 6.45) is 0. The molecular weight excluding hydrogens is 376 g/mol. The SMILES string of the molecule is CNC(=O)CSc1nnc(COc2ccccc2C)n1-c1cccc(OC)c1. The molecule has 1 amide bonds. The first kappa shape index (κ1) is 19.8. The summed E-state index contributed by atoms with van der Waals surface area (Å²) in [4.78, 5) is 11.7. The van der Waals surface area contributed by atoms with Gasteiger partial charge in [-0.1, -0.05) is 36.0 Å². The zero-order chi connectivity index (χ0) is 19.9. The molecule has 0 radical (unpaired) electrons. The van der Waals surface area contributed by atoms with Crippen molar-refractivity contribution in [1.29, 1.82) is 0 Å². The van der Waals surface area contributed by atoms with Crippen LogP contribution in [0.2, 0.25) is 0 Å². The second kappa shape index (κ2) is 9.27. The quantitative estimate of drug-likeness (QED) is 0.588. The van der Waals surface area contributed by atoms with Crippen LogP contribution in [0.5, 0.6) is 11.5 Å². The van der Waals surface area contributed by atoms with Crippen molar-refractivity contribution >= 4 is 17.7 Å². The Morgan fingerprint density at radius 3 is 2.75 bits per heavy atom. The molecule has 1 heterocycles. The molecule has 0 atom stereocenters. The molecule has 0 spiro atoms. The van der Waals surface area contributed by atoms with E-state index in [4.69, 9.17) is 9.47 Å². The number of nitrogens with zero attached hydrogens (tertiary/aromatic N) is 3. The molecule has 0 unspecified atom stereocenters. The van der Waals surface area contributed by atoms with Crippen LogP contribution in [0.25, 0.3) is 5.69 Å². The lowest BCUT2D eigenvalue weighted by Gasteiger charge is -2.13. The third-order valence-corrected chi connectivity index (χ3v) is 5.00. The molecule has 0 bridgehead atoms. The Balaban J connectivity index is 1.91. The molecule has 0 saturated carbocycles. The Labute approximate surface area is 168 Å². The maximum absolute atomic E-state index is 11.7. The number of benzene rings is 2. The lowest BCUT2D eigenvalue weighted by atomic mass is 10.2. The van der Waals surface area contributed by atoms with Crippen molar-refractivity contribution in [2.75, 3.05) is 19.9 Å². The fraction of sp³-hybridized carbons (Fsp3) is 0.250. The summed E-state index contributed by atoms with van der Waals surface area (Å²) in [5.74, 6) is 2.32. The van der Waals surface area contributed by atoms with Crippen molar-refractivity contribution in [2.24, 2.45) is 0 Å². The zero-order valence-corrected chi connectivity index (χ0v) is 16.8. The largest absolute Gasteiger partial charge is 0.497 e. The highest BCUT2D eigenvalue weighted by Gasteiger charge is 2.17. The minimum atomic E-state index is -0.0806. The van der Waals surface area contributed by atoms with Crippen LogP contribution in [-0.4, -0.2) is 40.6 Å². The van der Waals surface area contributed by atoms with Crippen LogP contribution in [0.1, 0.15) is 11.4 Å². The number of hydrogen-bond donors (Lipinski definition) is 1. The minimum absolute atomic E-state index is 0.0806. The van der Waals surface area contributed by atoms with Crippen molar-refractivity contribution in [3.63, 3.8) is 0 Å². The summed E-state index contributed by atoms with van der Waals surface area (Å²) in [7, 11) is 3.23. The van der Waals surface area contributed by atoms with Gasteiger partial charge in [0.25, 0.3) is 0 Å². The molecule has 0 aliphatic rings. The summed E-state index contributed by atoms with van der Waals surface area (Å²) in [5, 5.41) is 11.8. The molecule has 7 nitrogen and oxygen atoms in total. The van der Waals surface area contributed by atoms with Crippen LogP contribution in [0.3, 0.4) is 0 Å². The highest BCUT2D eigenvalue weighted by atomic mass is 32.2. The molecule has 3 rings (SSSR count). The van der Waals surface area contributed by atoms with Crippen LogP contribution in [-0.2, 0) is 11.4 Å². The first-order chi connectivity index (χ1) is 13.6. The molecule has 8 heteroatoms. The molecular formula is C20H22N4O3S. The van der Waals surface area contributed by atoms with Gasteiger partial charge in [0.1, 0.15) is 18.1 Å². The first-order valence-electron chi connectivity index (χ1n) is 8.73. The predicted molar refractivity (Wildman–Crippen MR) is 108 cm³/mol. The first-order valence-corrected chi connectivity index (χ1v) is 9.71. The smallest absolute Gasteiger partial charge is 0.230 e. The number of amides is 1. The maximum atomic E-state index is 11.7. The van der Waals surface area contributed by atoms with Gasteiger partial charge in [-0.15, -0.1) is 10.2 Å². The van der Waals surface area contributed by atoms with Gasteiger partial charge in [-0.05, 0) is 30.7 Å². The van der Waals surface area contributed by atoms with Crippen LogP contribution in [0.4, 0.5) is 0 Å². The Morgan fingerprint density at radius 2 is 2.00 bits per heavy atom. The number of carbonyl (C=O) groups is 1. The number of thioether (sulfide) groups is 1. The van der Waals surface area contributed by atoms with Gasteiger partial charge in [0, 0.05) is 13.1 Å². The van der Waals surface area contributed by atoms with Crippen LogP contribution in [0.15, 0.2) is 53.7 Å². The van der Waals surface area contributed by atoms with Crippen molar-refractivity contribution in [3.05, 3.63) is 59.9 Å². The summed E-state index contributed by atoms with van der Waals surface area (Å²) < 4.78 is 13.2. The Hall–Kier alpha value is -3.00. The molecule has 0 fully saturated rings. The number of hydrogen-bond acceptors (Lipinski definition) is 6. The van der Waals surface area contributed by atoms with Gasteiger partial charge in [-0.3, -0.25) is 9.36 Å². The van der Waals surface area contributed by atoms with E-state index in [0.29, 0.717) is 11.0 Å². The fourth-order valence-electron chi connectivity index (χ4n) is 2.56. The zero-order valence-electron chi connectivity index (χ0n) is 16.0. The van der Waals surface area contributed by atoms with Gasteiger partial charge in [0.15, 0.2) is 11.0 Å². The predicted octanol–water partition coefficient (Wildman–Crippen LogP) is 3.00. The van der Waals surface area contributed by atoms with Crippen molar-refractivity contribution in [1.82, 2.24) is 20.1 Å². The van der Waals surface area contributed by atoms with Gasteiger partial charge in [0.05, 0.1) is 18.6 Å². The number of carbonyl (C=O) groups excluding carboxylic acids is 1. The van der Waals surface area contributed by atoms with E-state index in [1.165, 1.54) is 11.8 Å². The number of ether oxygens (including phenoxy) is 2. The lowest BCUT2D eigenvalue weighted by Crippen LogP contribution is -2.20. The highest BCUT2D eigenvalue weighted by molar-refractivity contribution is 7.99. The van der Waals surface area contributed by atoms with Gasteiger partial charge in [0.2, 0.25) is 5.91 Å². The van der Waals surface area contributed by atoms with Crippen molar-refractivity contribution < 1.29 is 14.3 Å². The molecule has 146 valence electrons. The molecule has 1 aromatic heterocycles. The van der Waals surface area contributed by atoms with Crippen LogP contribution >= 0.6 is 11.8 Å². The molecule has 0 aliphatic heterocycles. The molecule has 3 aromatic rings. The van der Waals surface area contributed by atoms with Crippen molar-refractivity contribution in [3.8, 4) is 17.2 Å². The van der Waals surface area contributed by atoms with E-state index in [9.17, 15) is 4.79 Å². The number of aromatic nitrogens is 3. The molecule has 2 aromatic carbocycles. The highest BCUT2D eigenvalue weighted by Crippen LogP contribution is 2.26. The average Bonchev–Trinajstić information content (AvgIpc) is 3.14. The molecule has 0 saturated heterocycles. The third-order valence-electron chi connectivity index (χ3n) is 4.07. The van der Waals surface area contributed by atoms with E-state index >= 15 is 0 Å². The Morgan fingerprint density at radius 1 is 1.18 bits per heavy atom.